The summed E-state index contributed by atoms with van der Waals surface area (Å²) < 4.78 is 19.7. The van der Waals surface area contributed by atoms with Gasteiger partial charge in [-0.25, -0.2) is 9.29 Å². The molecular formula is C35H31BClFN2O8. The lowest BCUT2D eigenvalue weighted by Crippen LogP contribution is -2.48. The average Bonchev–Trinajstić information content (AvgIpc) is 3.44. The van der Waals surface area contributed by atoms with E-state index in [1.807, 2.05) is 6.08 Å². The molecule has 10 nitrogen and oxygen atoms in total. The van der Waals surface area contributed by atoms with E-state index in [9.17, 15) is 38.7 Å². The van der Waals surface area contributed by atoms with Gasteiger partial charge < -0.3 is 19.9 Å². The molecule has 0 unspecified atom stereocenters. The lowest BCUT2D eigenvalue weighted by atomic mass is 9.51. The van der Waals surface area contributed by atoms with Crippen LogP contribution in [-0.4, -0.2) is 59.1 Å². The van der Waals surface area contributed by atoms with Crippen LogP contribution in [0.3, 0.4) is 0 Å². The predicted molar refractivity (Wildman–Crippen MR) is 174 cm³/mol. The van der Waals surface area contributed by atoms with Gasteiger partial charge in [0.2, 0.25) is 23.6 Å². The summed E-state index contributed by atoms with van der Waals surface area (Å²) in [5.74, 6) is -5.73. The zero-order valence-electron chi connectivity index (χ0n) is 25.8. The first-order valence-electron chi connectivity index (χ1n) is 15.7. The van der Waals surface area contributed by atoms with Crippen molar-refractivity contribution in [2.45, 2.75) is 25.7 Å². The fraction of sp³-hybridized carbons (Fsp3) is 0.314. The van der Waals surface area contributed by atoms with Crippen LogP contribution in [0.15, 0.2) is 78.4 Å². The van der Waals surface area contributed by atoms with E-state index in [1.54, 1.807) is 37.3 Å². The lowest BCUT2D eigenvalue weighted by Gasteiger charge is -2.49. The molecule has 2 aliphatic heterocycles. The number of anilines is 2. The van der Waals surface area contributed by atoms with Crippen molar-refractivity contribution in [3.63, 3.8) is 0 Å². The number of rotatable bonds is 7. The number of ether oxygens (including phenoxy) is 1. The highest BCUT2D eigenvalue weighted by atomic mass is 35.5. The molecule has 3 aromatic carbocycles. The van der Waals surface area contributed by atoms with E-state index in [-0.39, 0.29) is 47.9 Å². The average molecular weight is 673 g/mol. The number of allylic oxidation sites excluding steroid dienone is 2. The number of aliphatic hydroxyl groups is 1. The molecule has 2 saturated heterocycles. The van der Waals surface area contributed by atoms with Gasteiger partial charge in [0.1, 0.15) is 18.2 Å². The van der Waals surface area contributed by atoms with Gasteiger partial charge in [-0.3, -0.25) is 24.1 Å². The quantitative estimate of drug-likeness (QED) is 0.198. The third-order valence-corrected chi connectivity index (χ3v) is 10.7. The molecule has 2 aliphatic carbocycles. The Bertz CT molecular complexity index is 1890. The van der Waals surface area contributed by atoms with Crippen LogP contribution in [0.2, 0.25) is 5.02 Å². The molecule has 6 atom stereocenters. The fourth-order valence-corrected chi connectivity index (χ4v) is 8.44. The first-order chi connectivity index (χ1) is 23.0. The summed E-state index contributed by atoms with van der Waals surface area (Å²) >= 11 is 6.07. The Morgan fingerprint density at radius 2 is 1.67 bits per heavy atom. The van der Waals surface area contributed by atoms with Gasteiger partial charge in [0, 0.05) is 5.92 Å². The summed E-state index contributed by atoms with van der Waals surface area (Å²) in [7, 11) is -1.80. The first kappa shape index (κ1) is 32.2. The summed E-state index contributed by atoms with van der Waals surface area (Å²) in [4.78, 5) is 59.0. The Morgan fingerprint density at radius 3 is 2.35 bits per heavy atom. The van der Waals surface area contributed by atoms with E-state index in [2.05, 4.69) is 0 Å². The number of hydrogen-bond donors (Lipinski definition) is 3. The predicted octanol–water partition coefficient (Wildman–Crippen LogP) is 2.97. The zero-order chi connectivity index (χ0) is 34.1. The molecule has 7 rings (SSSR count). The summed E-state index contributed by atoms with van der Waals surface area (Å²) in [6.45, 7) is 1.66. The van der Waals surface area contributed by atoms with Gasteiger partial charge in [-0.1, -0.05) is 47.5 Å². The number of halogens is 2. The summed E-state index contributed by atoms with van der Waals surface area (Å²) in [5, 5.41) is 28.4. The Hall–Kier alpha value is -4.36. The first-order valence-corrected chi connectivity index (χ1v) is 16.1. The third kappa shape index (κ3) is 4.81. The zero-order valence-corrected chi connectivity index (χ0v) is 26.5. The van der Waals surface area contributed by atoms with Gasteiger partial charge in [0.25, 0.3) is 0 Å². The van der Waals surface area contributed by atoms with E-state index >= 15 is 0 Å². The van der Waals surface area contributed by atoms with Crippen molar-refractivity contribution >= 4 is 59.2 Å². The Balaban J connectivity index is 1.33. The maximum absolute atomic E-state index is 14.5. The largest absolute Gasteiger partial charge is 0.491 e. The van der Waals surface area contributed by atoms with Crippen LogP contribution >= 0.6 is 11.6 Å². The Morgan fingerprint density at radius 1 is 0.938 bits per heavy atom. The highest BCUT2D eigenvalue weighted by molar-refractivity contribution is 6.58. The second-order valence-electron chi connectivity index (χ2n) is 12.9. The number of benzene rings is 3. The topological polar surface area (TPSA) is 145 Å². The second kappa shape index (κ2) is 12.0. The van der Waals surface area contributed by atoms with Crippen LogP contribution in [0.5, 0.6) is 5.75 Å². The molecule has 4 amide bonds. The molecule has 3 fully saturated rings. The van der Waals surface area contributed by atoms with Crippen molar-refractivity contribution in [2.24, 2.45) is 29.1 Å². The third-order valence-electron chi connectivity index (χ3n) is 10.4. The van der Waals surface area contributed by atoms with Gasteiger partial charge in [-0.15, -0.1) is 0 Å². The van der Waals surface area contributed by atoms with Gasteiger partial charge in [-0.2, -0.15) is 0 Å². The molecule has 246 valence electrons. The van der Waals surface area contributed by atoms with Crippen molar-refractivity contribution in [1.29, 1.82) is 0 Å². The highest BCUT2D eigenvalue weighted by Crippen LogP contribution is 2.63. The van der Waals surface area contributed by atoms with Crippen LogP contribution < -0.4 is 20.0 Å². The maximum atomic E-state index is 14.5. The molecular weight excluding hydrogens is 642 g/mol. The minimum Gasteiger partial charge on any atom is -0.491 e. The molecule has 4 aliphatic rings. The van der Waals surface area contributed by atoms with Crippen LogP contribution in [-0.2, 0) is 19.2 Å². The fourth-order valence-electron chi connectivity index (χ4n) is 8.26. The smallest absolute Gasteiger partial charge is 0.488 e. The number of carbonyl (C=O) groups is 4. The molecule has 0 radical (unpaired) electrons. The van der Waals surface area contributed by atoms with Gasteiger partial charge >= 0.3 is 7.12 Å². The molecule has 13 heteroatoms. The van der Waals surface area contributed by atoms with Crippen molar-refractivity contribution < 1.29 is 43.5 Å². The van der Waals surface area contributed by atoms with Crippen LogP contribution in [0.1, 0.15) is 31.2 Å². The van der Waals surface area contributed by atoms with Crippen LogP contribution in [0.25, 0.3) is 0 Å². The van der Waals surface area contributed by atoms with E-state index in [1.165, 1.54) is 30.3 Å². The monoisotopic (exact) mass is 672 g/mol. The number of aliphatic hydroxyl groups excluding tert-OH is 1. The van der Waals surface area contributed by atoms with Gasteiger partial charge in [-0.05, 0) is 79.2 Å². The van der Waals surface area contributed by atoms with Crippen molar-refractivity contribution in [3.05, 3.63) is 94.8 Å². The number of amides is 4. The maximum Gasteiger partial charge on any atom is 0.488 e. The van der Waals surface area contributed by atoms with E-state index in [0.29, 0.717) is 11.3 Å². The summed E-state index contributed by atoms with van der Waals surface area (Å²) in [5.41, 5.74) is 0.648. The minimum absolute atomic E-state index is 0.0911. The van der Waals surface area contributed by atoms with Crippen molar-refractivity contribution in [2.75, 3.05) is 23.0 Å². The number of carbonyl (C=O) groups excluding carboxylic acids is 4. The van der Waals surface area contributed by atoms with E-state index in [4.69, 9.17) is 16.3 Å². The highest BCUT2D eigenvalue weighted by Gasteiger charge is 2.67. The van der Waals surface area contributed by atoms with Crippen LogP contribution in [0, 0.1) is 34.9 Å². The van der Waals surface area contributed by atoms with Crippen LogP contribution in [0.4, 0.5) is 15.8 Å². The number of nitrogens with zero attached hydrogens (tertiary/aromatic N) is 2. The molecule has 1 saturated carbocycles. The van der Waals surface area contributed by atoms with Crippen molar-refractivity contribution in [1.82, 2.24) is 0 Å². The van der Waals surface area contributed by atoms with Crippen molar-refractivity contribution in [3.8, 4) is 5.75 Å². The molecule has 0 bridgehead atoms. The van der Waals surface area contributed by atoms with E-state index < -0.39 is 71.6 Å². The molecule has 0 spiro atoms. The number of fused-ring (bicyclic) bond motifs is 4. The lowest BCUT2D eigenvalue weighted by molar-refractivity contribution is -0.131. The summed E-state index contributed by atoms with van der Waals surface area (Å²) in [6, 6.07) is 16.6. The normalized spacial score (nSPS) is 27.9. The van der Waals surface area contributed by atoms with E-state index in [0.717, 1.165) is 21.4 Å². The van der Waals surface area contributed by atoms with Gasteiger partial charge in [0.15, 0.2) is 0 Å². The molecule has 3 N–H and O–H groups in total. The second-order valence-corrected chi connectivity index (χ2v) is 13.3. The number of imide groups is 2. The standard InChI is InChI=1S/C35H31BClFN2O8/c1-35-26(32(43)40(34(35)45)21-7-12-28(38)27(37)16-21)17-25-23(30(35)18-5-8-22(9-6-18)48-14-13-41)10-11-24-29(25)33(44)39(31(24)42)20-4-2-3-19(15-20)36(46)47/h2-10,12,15-16,24-26,29-30,41,46-47H,11,13-14,17H2,1H3/t24-,25+,26-,29-,30-,35+/m0/s1. The molecule has 0 aromatic heterocycles. The Labute approximate surface area is 280 Å². The Kier molecular flexibility index (Phi) is 8.02. The SMILES string of the molecule is C[C@@]12C(=O)N(c3ccc(F)c(Cl)c3)C(=O)[C@@H]1C[C@@H]1C(=CC[C@@H]3C(=O)N(c4cccc(B(O)O)c4)C(=O)[C@@H]31)[C@@H]2c1ccc(OCCO)cc1. The summed E-state index contributed by atoms with van der Waals surface area (Å²) in [6.07, 6.45) is 2.27. The molecule has 3 aromatic rings. The molecule has 48 heavy (non-hydrogen) atoms. The minimum atomic E-state index is -1.80. The van der Waals surface area contributed by atoms with Gasteiger partial charge in [0.05, 0.1) is 46.2 Å². The molecule has 2 heterocycles. The number of hydrogen-bond acceptors (Lipinski definition) is 8.